The molecule has 0 radical (unpaired) electrons. The van der Waals surface area contributed by atoms with E-state index in [2.05, 4.69) is 12.1 Å². The summed E-state index contributed by atoms with van der Waals surface area (Å²) in [7, 11) is 0. The summed E-state index contributed by atoms with van der Waals surface area (Å²) >= 11 is 9.12. The molecule has 6 heteroatoms. The number of benzene rings is 1. The van der Waals surface area contributed by atoms with Gasteiger partial charge in [0.15, 0.2) is 0 Å². The van der Waals surface area contributed by atoms with Crippen molar-refractivity contribution in [3.8, 4) is 0 Å². The van der Waals surface area contributed by atoms with Gasteiger partial charge in [-0.25, -0.2) is 0 Å². The van der Waals surface area contributed by atoms with E-state index in [0.29, 0.717) is 11.6 Å². The first-order valence-electron chi connectivity index (χ1n) is 8.92. The van der Waals surface area contributed by atoms with Gasteiger partial charge in [0.25, 0.3) is 4.74 Å². The number of hydrogen-bond acceptors (Lipinski definition) is 5. The highest BCUT2D eigenvalue weighted by Crippen LogP contribution is 2.30. The van der Waals surface area contributed by atoms with Crippen molar-refractivity contribution in [1.82, 2.24) is 0 Å². The Hall–Kier alpha value is -1.04. The Kier molecular flexibility index (Phi) is 8.45. The minimum atomic E-state index is -0.114. The second-order valence-corrected chi connectivity index (χ2v) is 9.13. The molecule has 0 aliphatic heterocycles. The second kappa shape index (κ2) is 10.3. The van der Waals surface area contributed by atoms with Crippen molar-refractivity contribution >= 4 is 50.8 Å². The molecule has 2 aromatic rings. The molecule has 0 amide bonds. The number of fused-ring (bicyclic) bond motifs is 1. The first-order valence-corrected chi connectivity index (χ1v) is 11.1. The Morgan fingerprint density at radius 3 is 2.69 bits per heavy atom. The summed E-state index contributed by atoms with van der Waals surface area (Å²) in [6.45, 7) is 6.13. The molecule has 142 valence electrons. The normalized spacial score (nSPS) is 11.3. The summed E-state index contributed by atoms with van der Waals surface area (Å²) < 4.78 is 6.08. The van der Waals surface area contributed by atoms with Gasteiger partial charge < -0.3 is 4.74 Å². The third-order valence-corrected chi connectivity index (χ3v) is 6.70. The van der Waals surface area contributed by atoms with Crippen LogP contribution in [0.5, 0.6) is 0 Å². The van der Waals surface area contributed by atoms with Crippen molar-refractivity contribution in [2.75, 3.05) is 12.4 Å². The Bertz CT molecular complexity index is 815. The maximum absolute atomic E-state index is 11.8. The van der Waals surface area contributed by atoms with Gasteiger partial charge in [-0.15, -0.1) is 11.8 Å². The molecule has 0 atom stereocenters. The summed E-state index contributed by atoms with van der Waals surface area (Å²) in [6.07, 6.45) is 4.26. The third-order valence-electron chi connectivity index (χ3n) is 4.09. The number of carbonyl (C=O) groups excluding carboxylic acids is 1. The lowest BCUT2D eigenvalue weighted by atomic mass is 10.2. The highest BCUT2D eigenvalue weighted by molar-refractivity contribution is 7.99. The van der Waals surface area contributed by atoms with E-state index in [1.807, 2.05) is 38.6 Å². The zero-order valence-electron chi connectivity index (χ0n) is 15.5. The number of halogens is 1. The van der Waals surface area contributed by atoms with Crippen molar-refractivity contribution in [2.24, 2.45) is 5.92 Å². The molecule has 1 aromatic heterocycles. The Morgan fingerprint density at radius 2 is 1.96 bits per heavy atom. The average molecular weight is 413 g/mol. The predicted molar refractivity (Wildman–Crippen MR) is 113 cm³/mol. The van der Waals surface area contributed by atoms with Crippen LogP contribution in [0.3, 0.4) is 0 Å². The van der Waals surface area contributed by atoms with Crippen LogP contribution in [0.2, 0.25) is 5.02 Å². The van der Waals surface area contributed by atoms with E-state index in [0.717, 1.165) is 47.1 Å². The van der Waals surface area contributed by atoms with Gasteiger partial charge >= 0.3 is 5.97 Å². The highest BCUT2D eigenvalue weighted by atomic mass is 35.5. The molecule has 0 N–H and O–H groups in total. The van der Waals surface area contributed by atoms with Crippen molar-refractivity contribution in [3.63, 3.8) is 0 Å². The van der Waals surface area contributed by atoms with Gasteiger partial charge in [-0.1, -0.05) is 49.6 Å². The molecule has 3 nitrogen and oxygen atoms in total. The topological polar surface area (TPSA) is 43.4 Å². The second-order valence-electron chi connectivity index (χ2n) is 6.57. The molecule has 0 saturated carbocycles. The van der Waals surface area contributed by atoms with E-state index in [4.69, 9.17) is 16.3 Å². The molecule has 0 unspecified atom stereocenters. The van der Waals surface area contributed by atoms with Crippen LogP contribution in [0.25, 0.3) is 10.1 Å². The fourth-order valence-corrected chi connectivity index (χ4v) is 4.55. The minimum absolute atomic E-state index is 0.0482. The van der Waals surface area contributed by atoms with E-state index >= 15 is 0 Å². The number of ether oxygens (including phenoxy) is 1. The molecule has 0 saturated heterocycles. The maximum atomic E-state index is 11.8. The monoisotopic (exact) mass is 412 g/mol. The number of aryl methyl sites for hydroxylation is 1. The van der Waals surface area contributed by atoms with E-state index in [-0.39, 0.29) is 16.6 Å². The smallest absolute Gasteiger partial charge is 0.308 e. The zero-order valence-corrected chi connectivity index (χ0v) is 17.9. The van der Waals surface area contributed by atoms with Crippen LogP contribution in [0.1, 0.15) is 45.1 Å². The van der Waals surface area contributed by atoms with Gasteiger partial charge in [0.05, 0.1) is 12.5 Å². The molecular weight excluding hydrogens is 388 g/mol. The van der Waals surface area contributed by atoms with Gasteiger partial charge in [0.1, 0.15) is 5.02 Å². The number of carbonyl (C=O) groups is 1. The fourth-order valence-electron chi connectivity index (χ4n) is 2.48. The summed E-state index contributed by atoms with van der Waals surface area (Å²) in [5.41, 5.74) is 0.865. The number of esters is 1. The molecular formula is C20H25ClO3S2. The molecule has 0 aliphatic rings. The molecule has 0 spiro atoms. The molecule has 0 bridgehead atoms. The predicted octanol–water partition coefficient (Wildman–Crippen LogP) is 6.08. The lowest BCUT2D eigenvalue weighted by Gasteiger charge is -2.07. The Labute approximate surface area is 168 Å². The van der Waals surface area contributed by atoms with Crippen LogP contribution in [-0.2, 0) is 9.53 Å². The van der Waals surface area contributed by atoms with Crippen LogP contribution in [0.4, 0.5) is 0 Å². The maximum Gasteiger partial charge on any atom is 0.308 e. The number of unbranched alkanes of at least 4 members (excludes halogenated alkanes) is 3. The van der Waals surface area contributed by atoms with Gasteiger partial charge in [-0.3, -0.25) is 9.59 Å². The number of rotatable bonds is 9. The van der Waals surface area contributed by atoms with Crippen molar-refractivity contribution < 1.29 is 9.53 Å². The summed E-state index contributed by atoms with van der Waals surface area (Å²) in [6, 6.07) is 6.21. The van der Waals surface area contributed by atoms with Crippen LogP contribution < -0.4 is 4.74 Å². The van der Waals surface area contributed by atoms with Gasteiger partial charge in [0, 0.05) is 9.60 Å². The number of hydrogen-bond donors (Lipinski definition) is 0. The lowest BCUT2D eigenvalue weighted by molar-refractivity contribution is -0.147. The Morgan fingerprint density at radius 1 is 1.23 bits per heavy atom. The first-order chi connectivity index (χ1) is 12.4. The van der Waals surface area contributed by atoms with E-state index in [9.17, 15) is 9.59 Å². The number of thioether (sulfide) groups is 1. The van der Waals surface area contributed by atoms with Crippen LogP contribution in [0, 0.1) is 12.8 Å². The average Bonchev–Trinajstić information content (AvgIpc) is 2.62. The molecule has 0 aliphatic carbocycles. The molecule has 2 rings (SSSR count). The zero-order chi connectivity index (χ0) is 19.1. The highest BCUT2D eigenvalue weighted by Gasteiger charge is 2.09. The summed E-state index contributed by atoms with van der Waals surface area (Å²) in [5, 5.41) is 1.40. The minimum Gasteiger partial charge on any atom is -0.465 e. The van der Waals surface area contributed by atoms with Crippen molar-refractivity contribution in [3.05, 3.63) is 38.3 Å². The van der Waals surface area contributed by atoms with Crippen molar-refractivity contribution in [1.29, 1.82) is 0 Å². The molecule has 0 fully saturated rings. The SMILES string of the molecule is Cc1c(Cl)c(=O)sc2ccc(SCCCCCCOC(=O)C(C)C)cc12. The standard InChI is InChI=1S/C20H25ClO3S2/c1-13(2)19(22)24-10-6-4-5-7-11-25-15-8-9-17-16(12-15)14(3)18(21)20(23)26-17/h8-9,12-13H,4-7,10-11H2,1-3H3. The quantitative estimate of drug-likeness (QED) is 0.284. The van der Waals surface area contributed by atoms with Gasteiger partial charge in [0.2, 0.25) is 0 Å². The van der Waals surface area contributed by atoms with Gasteiger partial charge in [-0.05, 0) is 54.7 Å². The van der Waals surface area contributed by atoms with Crippen LogP contribution in [0.15, 0.2) is 27.9 Å². The van der Waals surface area contributed by atoms with Gasteiger partial charge in [-0.2, -0.15) is 0 Å². The summed E-state index contributed by atoms with van der Waals surface area (Å²) in [5.74, 6) is 0.887. The van der Waals surface area contributed by atoms with E-state index < -0.39 is 0 Å². The lowest BCUT2D eigenvalue weighted by Crippen LogP contribution is -2.12. The first kappa shape index (κ1) is 21.3. The summed E-state index contributed by atoms with van der Waals surface area (Å²) in [4.78, 5) is 24.3. The molecule has 1 aromatic carbocycles. The molecule has 26 heavy (non-hydrogen) atoms. The molecule has 1 heterocycles. The fraction of sp³-hybridized carbons (Fsp3) is 0.500. The van der Waals surface area contributed by atoms with E-state index in [1.165, 1.54) is 16.2 Å². The van der Waals surface area contributed by atoms with Crippen LogP contribution >= 0.6 is 34.7 Å². The van der Waals surface area contributed by atoms with Crippen molar-refractivity contribution in [2.45, 2.75) is 51.3 Å². The largest absolute Gasteiger partial charge is 0.465 e. The third kappa shape index (κ3) is 6.00. The van der Waals surface area contributed by atoms with Crippen LogP contribution in [-0.4, -0.2) is 18.3 Å². The van der Waals surface area contributed by atoms with E-state index in [1.54, 1.807) is 0 Å². The Balaban J connectivity index is 1.73.